The molecule has 0 fully saturated rings. The topological polar surface area (TPSA) is 78.8 Å². The highest BCUT2D eigenvalue weighted by atomic mass is 16.3. The third-order valence-electron chi connectivity index (χ3n) is 2.28. The van der Waals surface area contributed by atoms with E-state index in [1.165, 1.54) is 6.92 Å². The zero-order valence-electron chi connectivity index (χ0n) is 9.94. The summed E-state index contributed by atoms with van der Waals surface area (Å²) in [6.07, 6.45) is 0. The van der Waals surface area contributed by atoms with Crippen molar-refractivity contribution in [2.24, 2.45) is 5.18 Å². The number of nitroso groups, excluding NO2 is 1. The molecule has 0 aliphatic heterocycles. The molecule has 1 amide bonds. The predicted octanol–water partition coefficient (Wildman–Crippen LogP) is 2.80. The van der Waals surface area contributed by atoms with Crippen LogP contribution in [0.25, 0.3) is 0 Å². The summed E-state index contributed by atoms with van der Waals surface area (Å²) in [6.45, 7) is 5.01. The van der Waals surface area contributed by atoms with Crippen molar-refractivity contribution in [1.29, 1.82) is 0 Å². The van der Waals surface area contributed by atoms with E-state index in [0.29, 0.717) is 5.69 Å². The highest BCUT2D eigenvalue weighted by Crippen LogP contribution is 2.17. The van der Waals surface area contributed by atoms with Gasteiger partial charge in [-0.1, -0.05) is 17.7 Å². The van der Waals surface area contributed by atoms with Crippen molar-refractivity contribution < 1.29 is 9.90 Å². The number of carbonyl (C=O) groups is 1. The number of hydrogen-bond donors (Lipinski definition) is 2. The largest absolute Gasteiger partial charge is 0.510 e. The summed E-state index contributed by atoms with van der Waals surface area (Å²) in [5.74, 6) is -1.12. The summed E-state index contributed by atoms with van der Waals surface area (Å²) in [5, 5.41) is 14.1. The van der Waals surface area contributed by atoms with Crippen LogP contribution in [0.4, 0.5) is 5.69 Å². The zero-order valence-corrected chi connectivity index (χ0v) is 9.94. The smallest absolute Gasteiger partial charge is 0.281 e. The van der Waals surface area contributed by atoms with Gasteiger partial charge in [0.2, 0.25) is 5.70 Å². The maximum atomic E-state index is 11.6. The number of allylic oxidation sites excluding steroid dienone is 1. The van der Waals surface area contributed by atoms with E-state index >= 15 is 0 Å². The standard InChI is InChI=1S/C12H14N2O3/c1-7-4-5-10(8(2)6-7)13-12(16)11(14-17)9(3)15/h4-6,15H,1-3H3,(H,13,16). The van der Waals surface area contributed by atoms with Gasteiger partial charge in [0.1, 0.15) is 5.76 Å². The van der Waals surface area contributed by atoms with Gasteiger partial charge in [-0.3, -0.25) is 4.79 Å². The first-order valence-electron chi connectivity index (χ1n) is 5.07. The van der Waals surface area contributed by atoms with E-state index in [-0.39, 0.29) is 0 Å². The monoisotopic (exact) mass is 234 g/mol. The van der Waals surface area contributed by atoms with Crippen LogP contribution in [-0.2, 0) is 4.79 Å². The van der Waals surface area contributed by atoms with E-state index in [0.717, 1.165) is 11.1 Å². The summed E-state index contributed by atoms with van der Waals surface area (Å²) < 4.78 is 0. The van der Waals surface area contributed by atoms with Gasteiger partial charge >= 0.3 is 0 Å². The summed E-state index contributed by atoms with van der Waals surface area (Å²) >= 11 is 0. The van der Waals surface area contributed by atoms with Crippen LogP contribution < -0.4 is 5.32 Å². The van der Waals surface area contributed by atoms with Crippen LogP contribution in [-0.4, -0.2) is 11.0 Å². The van der Waals surface area contributed by atoms with E-state index in [4.69, 9.17) is 5.11 Å². The molecule has 0 saturated heterocycles. The minimum absolute atomic E-state index is 0.401. The lowest BCUT2D eigenvalue weighted by molar-refractivity contribution is -0.113. The van der Waals surface area contributed by atoms with Gasteiger partial charge < -0.3 is 10.4 Å². The summed E-state index contributed by atoms with van der Waals surface area (Å²) in [5.41, 5.74) is 2.02. The lowest BCUT2D eigenvalue weighted by atomic mass is 10.1. The number of nitrogens with zero attached hydrogens (tertiary/aromatic N) is 1. The normalized spacial score (nSPS) is 11.7. The third-order valence-corrected chi connectivity index (χ3v) is 2.28. The molecule has 0 unspecified atom stereocenters. The molecule has 1 aromatic rings. The molecule has 0 aliphatic carbocycles. The van der Waals surface area contributed by atoms with Crippen LogP contribution in [0.2, 0.25) is 0 Å². The van der Waals surface area contributed by atoms with Crippen molar-refractivity contribution in [1.82, 2.24) is 0 Å². The summed E-state index contributed by atoms with van der Waals surface area (Å²) in [7, 11) is 0. The first-order chi connectivity index (χ1) is 7.95. The Morgan fingerprint density at radius 1 is 1.35 bits per heavy atom. The number of aliphatic hydroxyl groups excluding tert-OH is 1. The molecule has 1 aromatic carbocycles. The van der Waals surface area contributed by atoms with Crippen LogP contribution in [0.15, 0.2) is 34.8 Å². The minimum Gasteiger partial charge on any atom is -0.510 e. The Labute approximate surface area is 99.1 Å². The molecule has 17 heavy (non-hydrogen) atoms. The quantitative estimate of drug-likeness (QED) is 0.479. The lowest BCUT2D eigenvalue weighted by Gasteiger charge is -2.08. The minimum atomic E-state index is -0.716. The number of carbonyl (C=O) groups excluding carboxylic acids is 1. The summed E-state index contributed by atoms with van der Waals surface area (Å²) in [4.78, 5) is 22.0. The maximum absolute atomic E-state index is 11.6. The van der Waals surface area contributed by atoms with E-state index in [2.05, 4.69) is 10.5 Å². The second-order valence-corrected chi connectivity index (χ2v) is 3.80. The van der Waals surface area contributed by atoms with Gasteiger partial charge in [-0.25, -0.2) is 0 Å². The molecule has 0 spiro atoms. The second-order valence-electron chi connectivity index (χ2n) is 3.80. The van der Waals surface area contributed by atoms with Gasteiger partial charge in [0.15, 0.2) is 0 Å². The molecule has 2 N–H and O–H groups in total. The van der Waals surface area contributed by atoms with Gasteiger partial charge in [-0.15, -0.1) is 4.91 Å². The molecule has 5 nitrogen and oxygen atoms in total. The zero-order chi connectivity index (χ0) is 13.0. The fourth-order valence-electron chi connectivity index (χ4n) is 1.41. The van der Waals surface area contributed by atoms with E-state index in [1.54, 1.807) is 6.07 Å². The number of aryl methyl sites for hydroxylation is 2. The maximum Gasteiger partial charge on any atom is 0.281 e. The Balaban J connectivity index is 2.96. The number of aliphatic hydroxyl groups is 1. The van der Waals surface area contributed by atoms with Crippen molar-refractivity contribution in [2.45, 2.75) is 20.8 Å². The van der Waals surface area contributed by atoms with Crippen LogP contribution in [0.5, 0.6) is 0 Å². The van der Waals surface area contributed by atoms with Crippen molar-refractivity contribution in [3.63, 3.8) is 0 Å². The van der Waals surface area contributed by atoms with Gasteiger partial charge in [0, 0.05) is 5.69 Å². The number of hydrogen-bond acceptors (Lipinski definition) is 4. The second kappa shape index (κ2) is 5.25. The van der Waals surface area contributed by atoms with Gasteiger partial charge in [0.25, 0.3) is 5.91 Å². The Hall–Kier alpha value is -2.17. The Morgan fingerprint density at radius 3 is 2.47 bits per heavy atom. The van der Waals surface area contributed by atoms with Gasteiger partial charge in [-0.05, 0) is 37.6 Å². The first kappa shape index (κ1) is 12.9. The average Bonchev–Trinajstić information content (AvgIpc) is 2.22. The van der Waals surface area contributed by atoms with E-state index in [9.17, 15) is 9.70 Å². The number of nitrogens with one attached hydrogen (secondary N) is 1. The first-order valence-corrected chi connectivity index (χ1v) is 5.07. The number of rotatable bonds is 3. The molecule has 0 heterocycles. The molecule has 90 valence electrons. The Bertz CT molecular complexity index is 489. The molecule has 0 radical (unpaired) electrons. The highest BCUT2D eigenvalue weighted by Gasteiger charge is 2.14. The van der Waals surface area contributed by atoms with Crippen LogP contribution >= 0.6 is 0 Å². The summed E-state index contributed by atoms with van der Waals surface area (Å²) in [6, 6.07) is 5.48. The van der Waals surface area contributed by atoms with Crippen molar-refractivity contribution >= 4 is 11.6 Å². The average molecular weight is 234 g/mol. The fraction of sp³-hybridized carbons (Fsp3) is 0.250. The molecule has 0 atom stereocenters. The van der Waals surface area contributed by atoms with E-state index < -0.39 is 17.4 Å². The molecule has 0 saturated carbocycles. The Morgan fingerprint density at radius 2 is 2.00 bits per heavy atom. The number of benzene rings is 1. The molecule has 0 bridgehead atoms. The molecule has 0 aromatic heterocycles. The SMILES string of the molecule is CC(O)=C(N=O)C(=O)Nc1ccc(C)cc1C. The number of anilines is 1. The molecule has 0 aliphatic rings. The highest BCUT2D eigenvalue weighted by molar-refractivity contribution is 6.04. The van der Waals surface area contributed by atoms with Crippen molar-refractivity contribution in [2.75, 3.05) is 5.32 Å². The molecule has 5 heteroatoms. The predicted molar refractivity (Wildman–Crippen MR) is 65.7 cm³/mol. The van der Waals surface area contributed by atoms with Crippen molar-refractivity contribution in [3.8, 4) is 0 Å². The molecule has 1 rings (SSSR count). The van der Waals surface area contributed by atoms with Gasteiger partial charge in [0.05, 0.1) is 0 Å². The molecular formula is C12H14N2O3. The third kappa shape index (κ3) is 3.14. The number of amides is 1. The molecular weight excluding hydrogens is 220 g/mol. The Kier molecular flexibility index (Phi) is 3.98. The van der Waals surface area contributed by atoms with Crippen molar-refractivity contribution in [3.05, 3.63) is 45.7 Å². The van der Waals surface area contributed by atoms with Gasteiger partial charge in [-0.2, -0.15) is 0 Å². The van der Waals surface area contributed by atoms with Crippen LogP contribution in [0, 0.1) is 18.8 Å². The lowest BCUT2D eigenvalue weighted by Crippen LogP contribution is -2.15. The fourth-order valence-corrected chi connectivity index (χ4v) is 1.41. The van der Waals surface area contributed by atoms with Crippen LogP contribution in [0.3, 0.4) is 0 Å². The van der Waals surface area contributed by atoms with Crippen LogP contribution in [0.1, 0.15) is 18.1 Å². The van der Waals surface area contributed by atoms with E-state index in [1.807, 2.05) is 26.0 Å².